The minimum Gasteiger partial charge on any atom is -0.348 e. The van der Waals surface area contributed by atoms with Crippen LogP contribution in [0.2, 0.25) is 0 Å². The van der Waals surface area contributed by atoms with Gasteiger partial charge in [-0.1, -0.05) is 37.3 Å². The molecule has 122 valence electrons. The number of nitrogens with one attached hydrogen (secondary N) is 2. The molecule has 23 heavy (non-hydrogen) atoms. The fourth-order valence-electron chi connectivity index (χ4n) is 1.98. The number of anilines is 1. The van der Waals surface area contributed by atoms with Crippen LogP contribution in [0.25, 0.3) is 0 Å². The second kappa shape index (κ2) is 8.74. The third kappa shape index (κ3) is 5.41. The highest BCUT2D eigenvalue weighted by Crippen LogP contribution is 2.24. The van der Waals surface area contributed by atoms with Gasteiger partial charge in [-0.05, 0) is 23.3 Å². The Morgan fingerprint density at radius 3 is 2.65 bits per heavy atom. The zero-order chi connectivity index (χ0) is 16.7. The molecule has 0 fully saturated rings. The molecule has 0 aliphatic heterocycles. The van der Waals surface area contributed by atoms with Crippen LogP contribution in [-0.4, -0.2) is 23.3 Å². The smallest absolute Gasteiger partial charge is 0.254 e. The Labute approximate surface area is 144 Å². The third-order valence-corrected chi connectivity index (χ3v) is 5.14. The van der Waals surface area contributed by atoms with Crippen molar-refractivity contribution in [3.63, 3.8) is 0 Å². The molecule has 0 spiro atoms. The molecule has 4 nitrogen and oxygen atoms in total. The van der Waals surface area contributed by atoms with E-state index in [1.54, 1.807) is 17.8 Å². The Balaban J connectivity index is 1.94. The molecule has 0 bridgehead atoms. The van der Waals surface area contributed by atoms with Gasteiger partial charge in [0.05, 0.1) is 5.56 Å². The number of thioether (sulfide) groups is 1. The van der Waals surface area contributed by atoms with Crippen LogP contribution >= 0.6 is 23.1 Å². The van der Waals surface area contributed by atoms with Crippen molar-refractivity contribution in [3.8, 4) is 0 Å². The van der Waals surface area contributed by atoms with Crippen LogP contribution in [0.3, 0.4) is 0 Å². The molecule has 6 heteroatoms. The van der Waals surface area contributed by atoms with Gasteiger partial charge in [-0.25, -0.2) is 0 Å². The van der Waals surface area contributed by atoms with Crippen molar-refractivity contribution in [2.45, 2.75) is 25.1 Å². The summed E-state index contributed by atoms with van der Waals surface area (Å²) in [5.41, 5.74) is 1.55. The normalized spacial score (nSPS) is 11.7. The number of hydrogen-bond donors (Lipinski definition) is 2. The van der Waals surface area contributed by atoms with E-state index in [-0.39, 0.29) is 17.1 Å². The molecular formula is C17H20N2O2S2. The lowest BCUT2D eigenvalue weighted by atomic mass is 10.2. The summed E-state index contributed by atoms with van der Waals surface area (Å²) in [6.45, 7) is 2.47. The highest BCUT2D eigenvalue weighted by molar-refractivity contribution is 7.99. The molecule has 0 radical (unpaired) electrons. The molecule has 1 atom stereocenters. The van der Waals surface area contributed by atoms with E-state index in [0.717, 1.165) is 5.56 Å². The highest BCUT2D eigenvalue weighted by Gasteiger charge is 2.16. The largest absolute Gasteiger partial charge is 0.348 e. The summed E-state index contributed by atoms with van der Waals surface area (Å²) in [5.74, 6) is -0.241. The van der Waals surface area contributed by atoms with E-state index in [4.69, 9.17) is 0 Å². The third-order valence-electron chi connectivity index (χ3n) is 3.33. The van der Waals surface area contributed by atoms with Crippen molar-refractivity contribution >= 4 is 39.9 Å². The second-order valence-electron chi connectivity index (χ2n) is 5.13. The minimum atomic E-state index is -0.177. The van der Waals surface area contributed by atoms with E-state index in [1.165, 1.54) is 11.3 Å². The molecule has 2 aromatic rings. The van der Waals surface area contributed by atoms with E-state index in [2.05, 4.69) is 10.6 Å². The van der Waals surface area contributed by atoms with E-state index in [0.29, 0.717) is 23.5 Å². The molecule has 0 saturated carbocycles. The maximum absolute atomic E-state index is 12.3. The maximum Gasteiger partial charge on any atom is 0.254 e. The minimum absolute atomic E-state index is 0.0635. The lowest BCUT2D eigenvalue weighted by molar-refractivity contribution is -0.116. The number of hydrogen-bond acceptors (Lipinski definition) is 4. The van der Waals surface area contributed by atoms with Crippen molar-refractivity contribution in [2.75, 3.05) is 11.6 Å². The molecule has 0 saturated heterocycles. The van der Waals surface area contributed by atoms with Crippen molar-refractivity contribution in [1.29, 1.82) is 0 Å². The van der Waals surface area contributed by atoms with Crippen LogP contribution in [0.15, 0.2) is 41.8 Å². The molecule has 1 aromatic heterocycles. The van der Waals surface area contributed by atoms with Gasteiger partial charge in [0.2, 0.25) is 5.91 Å². The Bertz CT molecular complexity index is 656. The Morgan fingerprint density at radius 1 is 1.22 bits per heavy atom. The number of carbonyl (C=O) groups is 2. The van der Waals surface area contributed by atoms with Crippen molar-refractivity contribution < 1.29 is 9.59 Å². The zero-order valence-corrected chi connectivity index (χ0v) is 14.8. The van der Waals surface area contributed by atoms with Crippen LogP contribution in [0.1, 0.15) is 29.3 Å². The number of thiophene rings is 1. The number of rotatable bonds is 7. The molecule has 2 N–H and O–H groups in total. The first-order valence-corrected chi connectivity index (χ1v) is 9.49. The van der Waals surface area contributed by atoms with E-state index in [1.807, 2.05) is 48.9 Å². The first kappa shape index (κ1) is 17.6. The Hall–Kier alpha value is -1.79. The number of benzene rings is 1. The molecule has 1 unspecified atom stereocenters. The van der Waals surface area contributed by atoms with Crippen LogP contribution in [0, 0.1) is 0 Å². The Kier molecular flexibility index (Phi) is 6.67. The summed E-state index contributed by atoms with van der Waals surface area (Å²) in [4.78, 5) is 24.3. The quantitative estimate of drug-likeness (QED) is 0.801. The van der Waals surface area contributed by atoms with E-state index >= 15 is 0 Å². The Morgan fingerprint density at radius 2 is 1.96 bits per heavy atom. The standard InChI is InChI=1S/C17H20N2O2S2/c1-12(22-2)10-15(20)19-17-14(8-9-23-17)16(21)18-11-13-6-4-3-5-7-13/h3-9,12H,10-11H2,1-2H3,(H,18,21)(H,19,20). The summed E-state index contributed by atoms with van der Waals surface area (Å²) >= 11 is 3.01. The van der Waals surface area contributed by atoms with Crippen LogP contribution < -0.4 is 10.6 Å². The first-order chi connectivity index (χ1) is 11.1. The second-order valence-corrected chi connectivity index (χ2v) is 7.32. The average molecular weight is 348 g/mol. The molecule has 1 heterocycles. The molecule has 0 aliphatic rings. The summed E-state index contributed by atoms with van der Waals surface area (Å²) in [7, 11) is 0. The zero-order valence-electron chi connectivity index (χ0n) is 13.2. The van der Waals surface area contributed by atoms with Crippen LogP contribution in [-0.2, 0) is 11.3 Å². The van der Waals surface area contributed by atoms with Gasteiger partial charge in [-0.3, -0.25) is 9.59 Å². The lowest BCUT2D eigenvalue weighted by Gasteiger charge is -2.10. The molecule has 0 aliphatic carbocycles. The maximum atomic E-state index is 12.3. The van der Waals surface area contributed by atoms with Crippen molar-refractivity contribution in [3.05, 3.63) is 52.9 Å². The molecule has 2 rings (SSSR count). The van der Waals surface area contributed by atoms with Gasteiger partial charge in [0.1, 0.15) is 5.00 Å². The monoisotopic (exact) mass is 348 g/mol. The van der Waals surface area contributed by atoms with Gasteiger partial charge in [0.25, 0.3) is 5.91 Å². The fourth-order valence-corrected chi connectivity index (χ4v) is 3.10. The highest BCUT2D eigenvalue weighted by atomic mass is 32.2. The summed E-state index contributed by atoms with van der Waals surface area (Å²) < 4.78 is 0. The predicted molar refractivity (Wildman–Crippen MR) is 98.2 cm³/mol. The lowest BCUT2D eigenvalue weighted by Crippen LogP contribution is -2.24. The van der Waals surface area contributed by atoms with Crippen LogP contribution in [0.4, 0.5) is 5.00 Å². The topological polar surface area (TPSA) is 58.2 Å². The SMILES string of the molecule is CSC(C)CC(=O)Nc1sccc1C(=O)NCc1ccccc1. The van der Waals surface area contributed by atoms with Gasteiger partial charge in [-0.2, -0.15) is 11.8 Å². The van der Waals surface area contributed by atoms with Gasteiger partial charge < -0.3 is 10.6 Å². The number of carbonyl (C=O) groups excluding carboxylic acids is 2. The first-order valence-electron chi connectivity index (χ1n) is 7.32. The molecular weight excluding hydrogens is 328 g/mol. The predicted octanol–water partition coefficient (Wildman–Crippen LogP) is 3.76. The van der Waals surface area contributed by atoms with Crippen LogP contribution in [0.5, 0.6) is 0 Å². The van der Waals surface area contributed by atoms with E-state index < -0.39 is 0 Å². The van der Waals surface area contributed by atoms with Crippen molar-refractivity contribution in [1.82, 2.24) is 5.32 Å². The molecule has 2 amide bonds. The fraction of sp³-hybridized carbons (Fsp3) is 0.294. The van der Waals surface area contributed by atoms with E-state index in [9.17, 15) is 9.59 Å². The van der Waals surface area contributed by atoms with Gasteiger partial charge in [0, 0.05) is 18.2 Å². The van der Waals surface area contributed by atoms with Gasteiger partial charge in [-0.15, -0.1) is 11.3 Å². The number of amides is 2. The van der Waals surface area contributed by atoms with Gasteiger partial charge >= 0.3 is 0 Å². The summed E-state index contributed by atoms with van der Waals surface area (Å²) in [6.07, 6.45) is 2.41. The van der Waals surface area contributed by atoms with Gasteiger partial charge in [0.15, 0.2) is 0 Å². The summed E-state index contributed by atoms with van der Waals surface area (Å²) in [5, 5.41) is 8.39. The molecule has 1 aromatic carbocycles. The van der Waals surface area contributed by atoms with Crippen molar-refractivity contribution in [2.24, 2.45) is 0 Å². The summed E-state index contributed by atoms with van der Waals surface area (Å²) in [6, 6.07) is 11.5. The average Bonchev–Trinajstić information content (AvgIpc) is 3.01.